The second-order valence-corrected chi connectivity index (χ2v) is 7.49. The number of alkyl carbamates (subject to hydrolysis) is 1. The summed E-state index contributed by atoms with van der Waals surface area (Å²) in [7, 11) is 1.25. The first-order chi connectivity index (χ1) is 13.1. The number of carbonyl (C=O) groups excluding carboxylic acids is 3. The van der Waals surface area contributed by atoms with Crippen LogP contribution in [0.1, 0.15) is 33.3 Å². The SMILES string of the molecule is C=C[C@H](C)[C@@H](NC(=O)[C@H](Cc1ccccc1)NC(=O)OC(C)(C)C)C(=O)OC. The van der Waals surface area contributed by atoms with E-state index in [2.05, 4.69) is 17.2 Å². The maximum atomic E-state index is 12.9. The van der Waals surface area contributed by atoms with E-state index in [4.69, 9.17) is 9.47 Å². The van der Waals surface area contributed by atoms with E-state index in [0.717, 1.165) is 5.56 Å². The molecule has 154 valence electrons. The van der Waals surface area contributed by atoms with Crippen LogP contribution in [0.2, 0.25) is 0 Å². The zero-order valence-corrected chi connectivity index (χ0v) is 17.2. The lowest BCUT2D eigenvalue weighted by Crippen LogP contribution is -2.54. The summed E-state index contributed by atoms with van der Waals surface area (Å²) < 4.78 is 10.0. The molecule has 0 heterocycles. The Kier molecular flexibility index (Phi) is 8.70. The van der Waals surface area contributed by atoms with Crippen LogP contribution in [0.15, 0.2) is 43.0 Å². The fourth-order valence-corrected chi connectivity index (χ4v) is 2.43. The van der Waals surface area contributed by atoms with E-state index in [1.807, 2.05) is 30.3 Å². The number of benzene rings is 1. The molecular formula is C21H30N2O5. The molecule has 2 N–H and O–H groups in total. The van der Waals surface area contributed by atoms with Crippen molar-refractivity contribution in [2.75, 3.05) is 7.11 Å². The number of ether oxygens (including phenoxy) is 2. The summed E-state index contributed by atoms with van der Waals surface area (Å²) in [5.41, 5.74) is 0.147. The van der Waals surface area contributed by atoms with Crippen molar-refractivity contribution >= 4 is 18.0 Å². The minimum Gasteiger partial charge on any atom is -0.467 e. The number of esters is 1. The fraction of sp³-hybridized carbons (Fsp3) is 0.476. The van der Waals surface area contributed by atoms with Crippen LogP contribution < -0.4 is 10.6 Å². The van der Waals surface area contributed by atoms with Crippen LogP contribution in [0.25, 0.3) is 0 Å². The van der Waals surface area contributed by atoms with Crippen molar-refractivity contribution in [3.63, 3.8) is 0 Å². The first-order valence-corrected chi connectivity index (χ1v) is 9.11. The number of amides is 2. The van der Waals surface area contributed by atoms with E-state index < -0.39 is 35.7 Å². The number of hydrogen-bond donors (Lipinski definition) is 2. The number of nitrogens with one attached hydrogen (secondary N) is 2. The Morgan fingerprint density at radius 2 is 1.75 bits per heavy atom. The molecule has 0 bridgehead atoms. The monoisotopic (exact) mass is 390 g/mol. The molecule has 2 amide bonds. The molecule has 3 atom stereocenters. The van der Waals surface area contributed by atoms with Gasteiger partial charge in [-0.05, 0) is 26.3 Å². The summed E-state index contributed by atoms with van der Waals surface area (Å²) in [6, 6.07) is 7.40. The molecule has 0 fully saturated rings. The van der Waals surface area contributed by atoms with Gasteiger partial charge in [-0.25, -0.2) is 9.59 Å². The maximum Gasteiger partial charge on any atom is 0.408 e. The van der Waals surface area contributed by atoms with Gasteiger partial charge in [0.2, 0.25) is 5.91 Å². The summed E-state index contributed by atoms with van der Waals surface area (Å²) in [5.74, 6) is -1.45. The molecule has 0 spiro atoms. The topological polar surface area (TPSA) is 93.7 Å². The van der Waals surface area contributed by atoms with E-state index >= 15 is 0 Å². The van der Waals surface area contributed by atoms with Crippen LogP contribution in [-0.2, 0) is 25.5 Å². The molecule has 0 aliphatic rings. The molecule has 1 aromatic carbocycles. The van der Waals surface area contributed by atoms with Crippen LogP contribution >= 0.6 is 0 Å². The predicted octanol–water partition coefficient (Wildman–Crippen LogP) is 2.60. The number of carbonyl (C=O) groups is 3. The Balaban J connectivity index is 3.00. The predicted molar refractivity (Wildman–Crippen MR) is 107 cm³/mol. The van der Waals surface area contributed by atoms with E-state index in [1.165, 1.54) is 7.11 Å². The molecule has 0 saturated carbocycles. The van der Waals surface area contributed by atoms with Gasteiger partial charge in [0.1, 0.15) is 17.7 Å². The highest BCUT2D eigenvalue weighted by molar-refractivity contribution is 5.90. The van der Waals surface area contributed by atoms with Gasteiger partial charge in [-0.2, -0.15) is 0 Å². The van der Waals surface area contributed by atoms with Gasteiger partial charge in [-0.1, -0.05) is 43.3 Å². The average Bonchev–Trinajstić information content (AvgIpc) is 2.63. The van der Waals surface area contributed by atoms with E-state index in [1.54, 1.807) is 33.8 Å². The van der Waals surface area contributed by atoms with Crippen molar-refractivity contribution in [2.45, 2.75) is 51.8 Å². The van der Waals surface area contributed by atoms with E-state index in [9.17, 15) is 14.4 Å². The van der Waals surface area contributed by atoms with Crippen LogP contribution in [0.5, 0.6) is 0 Å². The lowest BCUT2D eigenvalue weighted by molar-refractivity contribution is -0.146. The van der Waals surface area contributed by atoms with Gasteiger partial charge in [0.25, 0.3) is 0 Å². The highest BCUT2D eigenvalue weighted by atomic mass is 16.6. The summed E-state index contributed by atoms with van der Waals surface area (Å²) in [6.45, 7) is 10.6. The maximum absolute atomic E-state index is 12.9. The first-order valence-electron chi connectivity index (χ1n) is 9.11. The van der Waals surface area contributed by atoms with E-state index in [-0.39, 0.29) is 12.3 Å². The van der Waals surface area contributed by atoms with Crippen molar-refractivity contribution < 1.29 is 23.9 Å². The molecule has 0 aliphatic heterocycles. The summed E-state index contributed by atoms with van der Waals surface area (Å²) >= 11 is 0. The lowest BCUT2D eigenvalue weighted by Gasteiger charge is -2.26. The third-order valence-electron chi connectivity index (χ3n) is 3.94. The van der Waals surface area contributed by atoms with Gasteiger partial charge < -0.3 is 20.1 Å². The molecule has 0 saturated heterocycles. The average molecular weight is 390 g/mol. The second-order valence-electron chi connectivity index (χ2n) is 7.49. The molecule has 0 aromatic heterocycles. The Labute approximate surface area is 166 Å². The molecule has 28 heavy (non-hydrogen) atoms. The quantitative estimate of drug-likeness (QED) is 0.526. The van der Waals surface area contributed by atoms with Crippen molar-refractivity contribution in [2.24, 2.45) is 5.92 Å². The second kappa shape index (κ2) is 10.5. The highest BCUT2D eigenvalue weighted by Crippen LogP contribution is 2.11. The first kappa shape index (κ1) is 23.2. The van der Waals surface area contributed by atoms with Crippen LogP contribution in [0.4, 0.5) is 4.79 Å². The molecule has 1 aromatic rings. The van der Waals surface area contributed by atoms with E-state index in [0.29, 0.717) is 0 Å². The third kappa shape index (κ3) is 7.82. The number of hydrogen-bond acceptors (Lipinski definition) is 5. The van der Waals surface area contributed by atoms with Gasteiger partial charge in [0.15, 0.2) is 0 Å². The highest BCUT2D eigenvalue weighted by Gasteiger charge is 2.31. The summed E-state index contributed by atoms with van der Waals surface area (Å²) in [4.78, 5) is 37.1. The molecule has 1 rings (SSSR count). The Bertz CT molecular complexity index is 682. The minimum absolute atomic E-state index is 0.238. The van der Waals surface area contributed by atoms with Gasteiger partial charge in [-0.3, -0.25) is 4.79 Å². The molecule has 0 aliphatic carbocycles. The zero-order valence-electron chi connectivity index (χ0n) is 17.2. The molecule has 0 radical (unpaired) electrons. The Morgan fingerprint density at radius 3 is 2.25 bits per heavy atom. The lowest BCUT2D eigenvalue weighted by atomic mass is 10.0. The summed E-state index contributed by atoms with van der Waals surface area (Å²) in [6.07, 6.45) is 1.08. The van der Waals surface area contributed by atoms with Crippen molar-refractivity contribution in [3.8, 4) is 0 Å². The van der Waals surface area contributed by atoms with Crippen molar-refractivity contribution in [1.29, 1.82) is 0 Å². The van der Waals surface area contributed by atoms with Crippen molar-refractivity contribution in [1.82, 2.24) is 10.6 Å². The van der Waals surface area contributed by atoms with Gasteiger partial charge in [0, 0.05) is 12.3 Å². The fourth-order valence-electron chi connectivity index (χ4n) is 2.43. The Morgan fingerprint density at radius 1 is 1.14 bits per heavy atom. The smallest absolute Gasteiger partial charge is 0.408 e. The number of rotatable bonds is 8. The van der Waals surface area contributed by atoms with Crippen LogP contribution in [0.3, 0.4) is 0 Å². The van der Waals surface area contributed by atoms with Gasteiger partial charge in [0.05, 0.1) is 7.11 Å². The van der Waals surface area contributed by atoms with Gasteiger partial charge in [-0.15, -0.1) is 6.58 Å². The Hall–Kier alpha value is -2.83. The van der Waals surface area contributed by atoms with Crippen LogP contribution in [-0.4, -0.2) is 42.8 Å². The third-order valence-corrected chi connectivity index (χ3v) is 3.94. The largest absolute Gasteiger partial charge is 0.467 e. The normalized spacial score (nSPS) is 14.2. The summed E-state index contributed by atoms with van der Waals surface area (Å²) in [5, 5.41) is 5.24. The van der Waals surface area contributed by atoms with Crippen LogP contribution in [0, 0.1) is 5.92 Å². The van der Waals surface area contributed by atoms with Gasteiger partial charge >= 0.3 is 12.1 Å². The standard InChI is InChI=1S/C21H30N2O5/c1-7-14(2)17(19(25)27-6)23-18(24)16(13-15-11-9-8-10-12-15)22-20(26)28-21(3,4)5/h7-12,14,16-17H,1,13H2,2-6H3,(H,22,26)(H,23,24)/t14-,16-,17+/m0/s1. The minimum atomic E-state index is -0.929. The molecule has 7 heteroatoms. The van der Waals surface area contributed by atoms with Crippen molar-refractivity contribution in [3.05, 3.63) is 48.6 Å². The molecule has 7 nitrogen and oxygen atoms in total. The molecular weight excluding hydrogens is 360 g/mol. The number of methoxy groups -OCH3 is 1. The zero-order chi connectivity index (χ0) is 21.3. The molecule has 0 unspecified atom stereocenters.